The van der Waals surface area contributed by atoms with Crippen LogP contribution in [0.2, 0.25) is 0 Å². The van der Waals surface area contributed by atoms with E-state index in [2.05, 4.69) is 22.7 Å². The molecule has 0 amide bonds. The van der Waals surface area contributed by atoms with Crippen molar-refractivity contribution in [2.45, 2.75) is 6.42 Å². The van der Waals surface area contributed by atoms with Crippen LogP contribution in [0.15, 0.2) is 31.2 Å². The van der Waals surface area contributed by atoms with Crippen LogP contribution in [0.25, 0.3) is 0 Å². The minimum Gasteiger partial charge on any atom is -0.417 e. The maximum atomic E-state index is 4.78. The summed E-state index contributed by atoms with van der Waals surface area (Å²) in [6.45, 7) is 4.22. The lowest BCUT2D eigenvalue weighted by atomic mass is 10.3. The van der Waals surface area contributed by atoms with Gasteiger partial charge in [-0.25, -0.2) is 0 Å². The van der Waals surface area contributed by atoms with Gasteiger partial charge >= 0.3 is 0 Å². The van der Waals surface area contributed by atoms with Gasteiger partial charge in [0.2, 0.25) is 0 Å². The molecule has 0 spiro atoms. The van der Waals surface area contributed by atoms with Crippen LogP contribution in [-0.4, -0.2) is 11.1 Å². The van der Waals surface area contributed by atoms with Crippen molar-refractivity contribution in [3.8, 4) is 0 Å². The predicted octanol–water partition coefficient (Wildman–Crippen LogP) is 1.23. The van der Waals surface area contributed by atoms with Crippen LogP contribution in [0.1, 0.15) is 5.69 Å². The third kappa shape index (κ3) is 2.43. The zero-order valence-corrected chi connectivity index (χ0v) is 7.29. The molecule has 0 fully saturated rings. The molecule has 66 valence electrons. The first-order chi connectivity index (χ1) is 5.84. The van der Waals surface area contributed by atoms with Gasteiger partial charge in [-0.05, 0) is 12.1 Å². The molecule has 0 aliphatic heterocycles. The highest BCUT2D eigenvalue weighted by molar-refractivity contribution is 5.06. The van der Waals surface area contributed by atoms with E-state index < -0.39 is 0 Å². The van der Waals surface area contributed by atoms with Crippen LogP contribution in [0.5, 0.6) is 0 Å². The lowest BCUT2D eigenvalue weighted by molar-refractivity contribution is 0.136. The number of hydrogen-bond donors (Lipinski definition) is 1. The molecule has 0 aliphatic rings. The largest absolute Gasteiger partial charge is 0.417 e. The molecule has 12 heavy (non-hydrogen) atoms. The number of nitrogens with zero attached hydrogens (tertiary/aromatic N) is 1. The summed E-state index contributed by atoms with van der Waals surface area (Å²) in [7, 11) is 2.03. The summed E-state index contributed by atoms with van der Waals surface area (Å²) in [5.74, 6) is 0. The van der Waals surface area contributed by atoms with Crippen molar-refractivity contribution in [2.24, 2.45) is 7.05 Å². The first-order valence-corrected chi connectivity index (χ1v) is 3.94. The zero-order chi connectivity index (χ0) is 8.81. The maximum absolute atomic E-state index is 4.78. The fourth-order valence-corrected chi connectivity index (χ4v) is 1.05. The van der Waals surface area contributed by atoms with E-state index in [-0.39, 0.29) is 0 Å². The molecule has 1 rings (SSSR count). The highest BCUT2D eigenvalue weighted by Gasteiger charge is 1.95. The SMILES string of the molecule is C=CONCCc1cccn1C. The fourth-order valence-electron chi connectivity index (χ4n) is 1.05. The molecule has 1 aromatic heterocycles. The molecule has 3 heteroatoms. The third-order valence-corrected chi connectivity index (χ3v) is 1.70. The zero-order valence-electron chi connectivity index (χ0n) is 7.29. The second-order valence-electron chi connectivity index (χ2n) is 2.54. The Morgan fingerprint density at radius 2 is 2.58 bits per heavy atom. The second kappa shape index (κ2) is 4.62. The Balaban J connectivity index is 2.24. The van der Waals surface area contributed by atoms with Gasteiger partial charge in [-0.2, -0.15) is 5.48 Å². The van der Waals surface area contributed by atoms with Crippen LogP contribution < -0.4 is 5.48 Å². The van der Waals surface area contributed by atoms with E-state index in [0.29, 0.717) is 0 Å². The van der Waals surface area contributed by atoms with Gasteiger partial charge in [0.05, 0.1) is 0 Å². The Morgan fingerprint density at radius 3 is 3.17 bits per heavy atom. The Morgan fingerprint density at radius 1 is 1.75 bits per heavy atom. The summed E-state index contributed by atoms with van der Waals surface area (Å²) < 4.78 is 2.09. The minimum atomic E-state index is 0.796. The molecule has 1 N–H and O–H groups in total. The number of rotatable bonds is 5. The van der Waals surface area contributed by atoms with Crippen molar-refractivity contribution < 1.29 is 4.84 Å². The van der Waals surface area contributed by atoms with Gasteiger partial charge in [-0.3, -0.25) is 0 Å². The number of hydroxylamine groups is 1. The molecular weight excluding hydrogens is 152 g/mol. The first kappa shape index (κ1) is 8.87. The summed E-state index contributed by atoms with van der Waals surface area (Å²) in [4.78, 5) is 4.78. The molecule has 3 nitrogen and oxygen atoms in total. The Kier molecular flexibility index (Phi) is 3.41. The van der Waals surface area contributed by atoms with Gasteiger partial charge in [0.25, 0.3) is 0 Å². The Labute approximate surface area is 72.6 Å². The van der Waals surface area contributed by atoms with Gasteiger partial charge in [0.1, 0.15) is 6.26 Å². The maximum Gasteiger partial charge on any atom is 0.104 e. The second-order valence-corrected chi connectivity index (χ2v) is 2.54. The molecule has 0 bridgehead atoms. The summed E-state index contributed by atoms with van der Waals surface area (Å²) in [5, 5.41) is 0. The van der Waals surface area contributed by atoms with Crippen molar-refractivity contribution in [3.05, 3.63) is 36.9 Å². The van der Waals surface area contributed by atoms with E-state index in [4.69, 9.17) is 4.84 Å². The van der Waals surface area contributed by atoms with Crippen LogP contribution in [0.4, 0.5) is 0 Å². The van der Waals surface area contributed by atoms with Crippen molar-refractivity contribution in [3.63, 3.8) is 0 Å². The quantitative estimate of drug-likeness (QED) is 0.404. The minimum absolute atomic E-state index is 0.796. The average molecular weight is 166 g/mol. The monoisotopic (exact) mass is 166 g/mol. The predicted molar refractivity (Wildman–Crippen MR) is 48.4 cm³/mol. The topological polar surface area (TPSA) is 26.2 Å². The average Bonchev–Trinajstić information content (AvgIpc) is 2.46. The highest BCUT2D eigenvalue weighted by atomic mass is 16.6. The van der Waals surface area contributed by atoms with Crippen LogP contribution in [-0.2, 0) is 18.3 Å². The van der Waals surface area contributed by atoms with Crippen LogP contribution in [0, 0.1) is 0 Å². The summed E-state index contributed by atoms with van der Waals surface area (Å²) in [5.41, 5.74) is 4.06. The van der Waals surface area contributed by atoms with E-state index in [1.165, 1.54) is 12.0 Å². The molecule has 0 saturated heterocycles. The lowest BCUT2D eigenvalue weighted by Gasteiger charge is -2.03. The van der Waals surface area contributed by atoms with Crippen molar-refractivity contribution in [1.29, 1.82) is 0 Å². The number of nitrogens with one attached hydrogen (secondary N) is 1. The number of hydrogen-bond acceptors (Lipinski definition) is 2. The van der Waals surface area contributed by atoms with E-state index in [0.717, 1.165) is 13.0 Å². The molecule has 0 aromatic carbocycles. The molecule has 0 aliphatic carbocycles. The number of aromatic nitrogens is 1. The highest BCUT2D eigenvalue weighted by Crippen LogP contribution is 1.98. The van der Waals surface area contributed by atoms with Crippen molar-refractivity contribution >= 4 is 0 Å². The Bertz CT molecular complexity index is 242. The molecule has 0 unspecified atom stereocenters. The van der Waals surface area contributed by atoms with Gasteiger partial charge in [-0.15, -0.1) is 0 Å². The van der Waals surface area contributed by atoms with Gasteiger partial charge in [0, 0.05) is 31.9 Å². The molecule has 1 aromatic rings. The van der Waals surface area contributed by atoms with Gasteiger partial charge < -0.3 is 9.40 Å². The lowest BCUT2D eigenvalue weighted by Crippen LogP contribution is -2.15. The van der Waals surface area contributed by atoms with Gasteiger partial charge in [0.15, 0.2) is 0 Å². The first-order valence-electron chi connectivity index (χ1n) is 3.94. The number of aryl methyl sites for hydroxylation is 1. The third-order valence-electron chi connectivity index (χ3n) is 1.70. The van der Waals surface area contributed by atoms with E-state index in [9.17, 15) is 0 Å². The smallest absolute Gasteiger partial charge is 0.104 e. The summed E-state index contributed by atoms with van der Waals surface area (Å²) >= 11 is 0. The van der Waals surface area contributed by atoms with Crippen molar-refractivity contribution in [2.75, 3.05) is 6.54 Å². The van der Waals surface area contributed by atoms with E-state index in [1.54, 1.807) is 0 Å². The molecule has 0 saturated carbocycles. The molecule has 1 heterocycles. The Hall–Kier alpha value is -1.22. The fraction of sp³-hybridized carbons (Fsp3) is 0.333. The van der Waals surface area contributed by atoms with E-state index >= 15 is 0 Å². The summed E-state index contributed by atoms with van der Waals surface area (Å²) in [6.07, 6.45) is 4.37. The standard InChI is InChI=1S/C9H14N2O/c1-3-12-10-7-6-9-5-4-8-11(9)2/h3-5,8,10H,1,6-7H2,2H3. The van der Waals surface area contributed by atoms with Crippen LogP contribution in [0.3, 0.4) is 0 Å². The molecular formula is C9H14N2O. The van der Waals surface area contributed by atoms with Crippen LogP contribution >= 0.6 is 0 Å². The van der Waals surface area contributed by atoms with Crippen molar-refractivity contribution in [1.82, 2.24) is 10.0 Å². The van der Waals surface area contributed by atoms with E-state index in [1.807, 2.05) is 19.3 Å². The normalized spacial score (nSPS) is 9.75. The van der Waals surface area contributed by atoms with Gasteiger partial charge in [-0.1, -0.05) is 6.58 Å². The summed E-state index contributed by atoms with van der Waals surface area (Å²) in [6, 6.07) is 4.12. The molecule has 0 radical (unpaired) electrons. The molecule has 0 atom stereocenters.